The molecule has 0 saturated carbocycles. The van der Waals surface area contributed by atoms with Gasteiger partial charge in [0.25, 0.3) is 0 Å². The molecule has 0 amide bonds. The average molecular weight is 271 g/mol. The molecular formula is C16H21N3O. The molecule has 1 fully saturated rings. The lowest BCUT2D eigenvalue weighted by Gasteiger charge is -2.32. The Morgan fingerprint density at radius 1 is 1.25 bits per heavy atom. The molecule has 1 aromatic carbocycles. The third-order valence-electron chi connectivity index (χ3n) is 4.01. The number of oxazole rings is 1. The van der Waals surface area contributed by atoms with Gasteiger partial charge >= 0.3 is 0 Å². The van der Waals surface area contributed by atoms with Crippen molar-refractivity contribution in [2.45, 2.75) is 25.8 Å². The molecular weight excluding hydrogens is 250 g/mol. The molecule has 0 unspecified atom stereocenters. The van der Waals surface area contributed by atoms with Gasteiger partial charge < -0.3 is 14.6 Å². The Labute approximate surface area is 119 Å². The summed E-state index contributed by atoms with van der Waals surface area (Å²) in [6.45, 7) is 5.79. The van der Waals surface area contributed by atoms with Gasteiger partial charge in [-0.3, -0.25) is 0 Å². The maximum absolute atomic E-state index is 5.30. The predicted octanol–water partition coefficient (Wildman–Crippen LogP) is 3.24. The zero-order chi connectivity index (χ0) is 13.8. The van der Waals surface area contributed by atoms with Gasteiger partial charge in [-0.15, -0.1) is 0 Å². The van der Waals surface area contributed by atoms with E-state index in [1.54, 1.807) is 6.20 Å². The van der Waals surface area contributed by atoms with Crippen molar-refractivity contribution in [3.63, 3.8) is 0 Å². The van der Waals surface area contributed by atoms with Crippen molar-refractivity contribution in [1.29, 1.82) is 0 Å². The van der Waals surface area contributed by atoms with Crippen LogP contribution in [-0.4, -0.2) is 35.6 Å². The molecule has 2 aromatic rings. The van der Waals surface area contributed by atoms with Gasteiger partial charge in [0, 0.05) is 30.4 Å². The van der Waals surface area contributed by atoms with E-state index in [4.69, 9.17) is 4.42 Å². The molecule has 3 rings (SSSR count). The van der Waals surface area contributed by atoms with Crippen LogP contribution in [0.1, 0.15) is 19.8 Å². The summed E-state index contributed by atoms with van der Waals surface area (Å²) in [4.78, 5) is 6.45. The number of hydrogen-bond donors (Lipinski definition) is 1. The second-order valence-electron chi connectivity index (χ2n) is 5.30. The lowest BCUT2D eigenvalue weighted by molar-refractivity contribution is 0.229. The SMILES string of the molecule is CCN1CCC(Nc2ccc(-c3cnco3)cc2)CC1. The Morgan fingerprint density at radius 2 is 2.00 bits per heavy atom. The van der Waals surface area contributed by atoms with Crippen LogP contribution in [0.25, 0.3) is 11.3 Å². The molecule has 0 radical (unpaired) electrons. The van der Waals surface area contributed by atoms with Gasteiger partial charge in [0.2, 0.25) is 0 Å². The molecule has 1 aliphatic heterocycles. The molecule has 106 valence electrons. The first-order valence-corrected chi connectivity index (χ1v) is 7.33. The molecule has 20 heavy (non-hydrogen) atoms. The van der Waals surface area contributed by atoms with E-state index in [-0.39, 0.29) is 0 Å². The smallest absolute Gasteiger partial charge is 0.181 e. The second kappa shape index (κ2) is 6.09. The van der Waals surface area contributed by atoms with E-state index in [9.17, 15) is 0 Å². The molecule has 1 aromatic heterocycles. The Hall–Kier alpha value is -1.81. The lowest BCUT2D eigenvalue weighted by atomic mass is 10.0. The van der Waals surface area contributed by atoms with Crippen LogP contribution < -0.4 is 5.32 Å². The van der Waals surface area contributed by atoms with Gasteiger partial charge in [-0.2, -0.15) is 0 Å². The molecule has 1 saturated heterocycles. The van der Waals surface area contributed by atoms with E-state index in [1.807, 2.05) is 0 Å². The van der Waals surface area contributed by atoms with Crippen LogP contribution in [0.2, 0.25) is 0 Å². The number of aromatic nitrogens is 1. The van der Waals surface area contributed by atoms with Gasteiger partial charge in [0.15, 0.2) is 12.2 Å². The van der Waals surface area contributed by atoms with Crippen molar-refractivity contribution in [1.82, 2.24) is 9.88 Å². The summed E-state index contributed by atoms with van der Waals surface area (Å²) >= 11 is 0. The minimum absolute atomic E-state index is 0.592. The van der Waals surface area contributed by atoms with Gasteiger partial charge in [-0.25, -0.2) is 4.98 Å². The van der Waals surface area contributed by atoms with E-state index >= 15 is 0 Å². The highest BCUT2D eigenvalue weighted by atomic mass is 16.3. The summed E-state index contributed by atoms with van der Waals surface area (Å²) in [5, 5.41) is 3.63. The van der Waals surface area contributed by atoms with Gasteiger partial charge in [-0.05, 0) is 43.7 Å². The van der Waals surface area contributed by atoms with E-state index in [0.29, 0.717) is 6.04 Å². The number of nitrogens with zero attached hydrogens (tertiary/aromatic N) is 2. The number of nitrogens with one attached hydrogen (secondary N) is 1. The standard InChI is InChI=1S/C16H21N3O/c1-2-19-9-7-15(8-10-19)18-14-5-3-13(4-6-14)16-11-17-12-20-16/h3-6,11-12,15,18H,2,7-10H2,1H3. The van der Waals surface area contributed by atoms with Gasteiger partial charge in [0.1, 0.15) is 0 Å². The number of likely N-dealkylation sites (tertiary alicyclic amines) is 1. The fourth-order valence-electron chi connectivity index (χ4n) is 2.72. The Balaban J connectivity index is 1.59. The van der Waals surface area contributed by atoms with E-state index in [1.165, 1.54) is 44.6 Å². The summed E-state index contributed by atoms with van der Waals surface area (Å²) in [5.74, 6) is 0.813. The molecule has 1 aliphatic rings. The zero-order valence-electron chi connectivity index (χ0n) is 11.9. The molecule has 0 spiro atoms. The zero-order valence-corrected chi connectivity index (χ0v) is 11.9. The van der Waals surface area contributed by atoms with Crippen molar-refractivity contribution in [2.75, 3.05) is 25.0 Å². The topological polar surface area (TPSA) is 41.3 Å². The van der Waals surface area contributed by atoms with Crippen LogP contribution in [0.3, 0.4) is 0 Å². The molecule has 0 atom stereocenters. The summed E-state index contributed by atoms with van der Waals surface area (Å²) < 4.78 is 5.30. The maximum Gasteiger partial charge on any atom is 0.181 e. The highest BCUT2D eigenvalue weighted by Gasteiger charge is 2.17. The van der Waals surface area contributed by atoms with Crippen molar-refractivity contribution < 1.29 is 4.42 Å². The largest absolute Gasteiger partial charge is 0.444 e. The van der Waals surface area contributed by atoms with E-state index in [2.05, 4.69) is 46.4 Å². The molecule has 0 aliphatic carbocycles. The van der Waals surface area contributed by atoms with Crippen LogP contribution in [0.15, 0.2) is 41.3 Å². The first-order chi connectivity index (χ1) is 9.85. The highest BCUT2D eigenvalue weighted by molar-refractivity contribution is 5.60. The first kappa shape index (κ1) is 13.2. The monoisotopic (exact) mass is 271 g/mol. The number of hydrogen-bond acceptors (Lipinski definition) is 4. The van der Waals surface area contributed by atoms with Crippen molar-refractivity contribution >= 4 is 5.69 Å². The summed E-state index contributed by atoms with van der Waals surface area (Å²) in [7, 11) is 0. The Bertz CT molecular complexity index is 513. The Morgan fingerprint density at radius 3 is 2.60 bits per heavy atom. The van der Waals surface area contributed by atoms with Gasteiger partial charge in [0.05, 0.1) is 6.20 Å². The van der Waals surface area contributed by atoms with Crippen LogP contribution >= 0.6 is 0 Å². The summed E-state index contributed by atoms with van der Waals surface area (Å²) in [5.41, 5.74) is 2.25. The average Bonchev–Trinajstić information content (AvgIpc) is 3.03. The van der Waals surface area contributed by atoms with Crippen molar-refractivity contribution in [3.8, 4) is 11.3 Å². The fourth-order valence-corrected chi connectivity index (χ4v) is 2.72. The van der Waals surface area contributed by atoms with Crippen LogP contribution in [0, 0.1) is 0 Å². The molecule has 1 N–H and O–H groups in total. The number of rotatable bonds is 4. The van der Waals surface area contributed by atoms with Crippen LogP contribution in [-0.2, 0) is 0 Å². The summed E-state index contributed by atoms with van der Waals surface area (Å²) in [6, 6.07) is 8.97. The molecule has 4 heteroatoms. The number of benzene rings is 1. The third-order valence-corrected chi connectivity index (χ3v) is 4.01. The fraction of sp³-hybridized carbons (Fsp3) is 0.438. The van der Waals surface area contributed by atoms with Crippen molar-refractivity contribution in [3.05, 3.63) is 36.9 Å². The maximum atomic E-state index is 5.30. The normalized spacial score (nSPS) is 17.2. The minimum atomic E-state index is 0.592. The molecule has 4 nitrogen and oxygen atoms in total. The number of piperidine rings is 1. The molecule has 0 bridgehead atoms. The molecule has 2 heterocycles. The van der Waals surface area contributed by atoms with Crippen LogP contribution in [0.5, 0.6) is 0 Å². The third kappa shape index (κ3) is 3.02. The quantitative estimate of drug-likeness (QED) is 0.927. The van der Waals surface area contributed by atoms with E-state index in [0.717, 1.165) is 11.3 Å². The number of anilines is 1. The first-order valence-electron chi connectivity index (χ1n) is 7.33. The predicted molar refractivity (Wildman–Crippen MR) is 80.7 cm³/mol. The van der Waals surface area contributed by atoms with E-state index < -0.39 is 0 Å². The Kier molecular flexibility index (Phi) is 4.02. The summed E-state index contributed by atoms with van der Waals surface area (Å²) in [6.07, 6.45) is 5.64. The van der Waals surface area contributed by atoms with Crippen molar-refractivity contribution in [2.24, 2.45) is 0 Å². The highest BCUT2D eigenvalue weighted by Crippen LogP contribution is 2.22. The second-order valence-corrected chi connectivity index (χ2v) is 5.30. The van der Waals surface area contributed by atoms with Gasteiger partial charge in [-0.1, -0.05) is 6.92 Å². The minimum Gasteiger partial charge on any atom is -0.444 e. The van der Waals surface area contributed by atoms with Crippen LogP contribution in [0.4, 0.5) is 5.69 Å². The lowest BCUT2D eigenvalue weighted by Crippen LogP contribution is -2.38.